The van der Waals surface area contributed by atoms with E-state index in [9.17, 15) is 4.79 Å². The van der Waals surface area contributed by atoms with E-state index in [1.165, 1.54) is 25.9 Å². The Balaban J connectivity index is 1.78. The summed E-state index contributed by atoms with van der Waals surface area (Å²) in [6, 6.07) is 0. The van der Waals surface area contributed by atoms with Gasteiger partial charge in [-0.15, -0.1) is 0 Å². The van der Waals surface area contributed by atoms with Crippen molar-refractivity contribution in [3.8, 4) is 0 Å². The Morgan fingerprint density at radius 3 is 1.95 bits per heavy atom. The minimum atomic E-state index is -0.377. The van der Waals surface area contributed by atoms with Crippen molar-refractivity contribution < 1.29 is 9.53 Å². The fourth-order valence-electron chi connectivity index (χ4n) is 3.38. The molecule has 1 aliphatic carbocycles. The van der Waals surface area contributed by atoms with Gasteiger partial charge in [-0.3, -0.25) is 9.69 Å². The first-order valence-corrected chi connectivity index (χ1v) is 7.98. The molecule has 0 unspecified atom stereocenters. The monoisotopic (exact) mass is 281 g/mol. The van der Waals surface area contributed by atoms with E-state index in [2.05, 4.69) is 25.7 Å². The maximum Gasteiger partial charge on any atom is 0.311 e. The molecular weight excluding hydrogens is 250 g/mol. The van der Waals surface area contributed by atoms with Crippen molar-refractivity contribution in [1.82, 2.24) is 4.90 Å². The Hall–Kier alpha value is -0.570. The van der Waals surface area contributed by atoms with Crippen molar-refractivity contribution in [3.63, 3.8) is 0 Å². The molecule has 0 amide bonds. The van der Waals surface area contributed by atoms with E-state index in [0.717, 1.165) is 12.8 Å². The third-order valence-electron chi connectivity index (χ3n) is 4.98. The van der Waals surface area contributed by atoms with Gasteiger partial charge in [0.1, 0.15) is 6.10 Å². The summed E-state index contributed by atoms with van der Waals surface area (Å²) in [5, 5.41) is 0. The van der Waals surface area contributed by atoms with E-state index < -0.39 is 0 Å². The number of carbonyl (C=O) groups is 1. The summed E-state index contributed by atoms with van der Waals surface area (Å²) in [6.07, 6.45) is 4.84. The molecule has 3 nitrogen and oxygen atoms in total. The molecule has 2 fully saturated rings. The molecule has 0 radical (unpaired) electrons. The first kappa shape index (κ1) is 15.8. The molecule has 0 N–H and O–H groups in total. The summed E-state index contributed by atoms with van der Waals surface area (Å²) in [7, 11) is 0. The molecule has 2 aliphatic rings. The summed E-state index contributed by atoms with van der Waals surface area (Å²) in [5.41, 5.74) is 0.367. The van der Waals surface area contributed by atoms with Gasteiger partial charge in [-0.05, 0) is 85.7 Å². The average molecular weight is 281 g/mol. The van der Waals surface area contributed by atoms with Gasteiger partial charge in [-0.1, -0.05) is 0 Å². The quantitative estimate of drug-likeness (QED) is 0.688. The van der Waals surface area contributed by atoms with Crippen LogP contribution in [0, 0.1) is 10.8 Å². The third kappa shape index (κ3) is 3.36. The number of likely N-dealkylation sites (tertiary alicyclic amines) is 1. The molecule has 1 aliphatic heterocycles. The minimum Gasteiger partial charge on any atom is -0.462 e. The first-order chi connectivity index (χ1) is 9.02. The summed E-state index contributed by atoms with van der Waals surface area (Å²) in [5.74, 6) is -0.0514. The molecule has 0 bridgehead atoms. The van der Waals surface area contributed by atoms with Crippen molar-refractivity contribution in [2.45, 2.75) is 78.9 Å². The van der Waals surface area contributed by atoms with Crippen LogP contribution in [0.15, 0.2) is 0 Å². The van der Waals surface area contributed by atoms with Crippen LogP contribution in [-0.2, 0) is 9.53 Å². The second-order valence-corrected chi connectivity index (χ2v) is 8.84. The molecule has 2 rings (SSSR count). The van der Waals surface area contributed by atoms with Crippen LogP contribution in [0.25, 0.3) is 0 Å². The van der Waals surface area contributed by atoms with Crippen LogP contribution < -0.4 is 0 Å². The highest BCUT2D eigenvalue weighted by Crippen LogP contribution is 2.51. The molecule has 3 heteroatoms. The molecular formula is C17H31NO2. The number of rotatable bonds is 1. The Labute approximate surface area is 124 Å². The number of carbonyl (C=O) groups excluding carboxylic acids is 1. The van der Waals surface area contributed by atoms with Gasteiger partial charge in [-0.2, -0.15) is 0 Å². The molecule has 1 saturated heterocycles. The second-order valence-electron chi connectivity index (χ2n) is 8.84. The van der Waals surface area contributed by atoms with Gasteiger partial charge in [0, 0.05) is 5.54 Å². The average Bonchev–Trinajstić information content (AvgIpc) is 2.25. The van der Waals surface area contributed by atoms with Crippen molar-refractivity contribution in [2.24, 2.45) is 10.8 Å². The van der Waals surface area contributed by atoms with Gasteiger partial charge in [0.15, 0.2) is 0 Å². The van der Waals surface area contributed by atoms with E-state index in [1.54, 1.807) is 0 Å². The van der Waals surface area contributed by atoms with E-state index in [1.807, 2.05) is 20.8 Å². The van der Waals surface area contributed by atoms with Crippen LogP contribution in [0.5, 0.6) is 0 Å². The van der Waals surface area contributed by atoms with E-state index >= 15 is 0 Å². The molecule has 0 aromatic heterocycles. The molecule has 116 valence electrons. The van der Waals surface area contributed by atoms with Crippen molar-refractivity contribution in [3.05, 3.63) is 0 Å². The van der Waals surface area contributed by atoms with Gasteiger partial charge in [-0.25, -0.2) is 0 Å². The van der Waals surface area contributed by atoms with Crippen LogP contribution in [0.2, 0.25) is 0 Å². The highest BCUT2D eigenvalue weighted by Gasteiger charge is 2.48. The second kappa shape index (κ2) is 5.01. The summed E-state index contributed by atoms with van der Waals surface area (Å²) >= 11 is 0. The van der Waals surface area contributed by atoms with Gasteiger partial charge in [0.2, 0.25) is 0 Å². The summed E-state index contributed by atoms with van der Waals surface area (Å²) in [6.45, 7) is 15.0. The molecule has 1 heterocycles. The fraction of sp³-hybridized carbons (Fsp3) is 0.941. The van der Waals surface area contributed by atoms with Crippen molar-refractivity contribution in [1.29, 1.82) is 0 Å². The first-order valence-electron chi connectivity index (χ1n) is 7.98. The lowest BCUT2D eigenvalue weighted by atomic mass is 9.61. The summed E-state index contributed by atoms with van der Waals surface area (Å²) < 4.78 is 5.62. The molecule has 20 heavy (non-hydrogen) atoms. The predicted octanol–water partition coefficient (Wildman–Crippen LogP) is 3.62. The zero-order chi connectivity index (χ0) is 15.2. The Bertz CT molecular complexity index is 359. The number of ether oxygens (including phenoxy) is 1. The largest absolute Gasteiger partial charge is 0.462 e. The van der Waals surface area contributed by atoms with E-state index in [-0.39, 0.29) is 23.0 Å². The minimum absolute atomic E-state index is 0.0514. The van der Waals surface area contributed by atoms with Crippen LogP contribution in [0.4, 0.5) is 0 Å². The van der Waals surface area contributed by atoms with Crippen LogP contribution in [-0.4, -0.2) is 35.6 Å². The normalized spacial score (nSPS) is 24.5. The van der Waals surface area contributed by atoms with Crippen LogP contribution >= 0.6 is 0 Å². The third-order valence-corrected chi connectivity index (χ3v) is 4.98. The molecule has 0 atom stereocenters. The van der Waals surface area contributed by atoms with Gasteiger partial charge in [0.05, 0.1) is 5.41 Å². The lowest BCUT2D eigenvalue weighted by Crippen LogP contribution is -2.54. The zero-order valence-electron chi connectivity index (χ0n) is 14.1. The Morgan fingerprint density at radius 1 is 1.05 bits per heavy atom. The highest BCUT2D eigenvalue weighted by molar-refractivity contribution is 5.75. The van der Waals surface area contributed by atoms with Crippen LogP contribution in [0.3, 0.4) is 0 Å². The maximum atomic E-state index is 11.9. The highest BCUT2D eigenvalue weighted by atomic mass is 16.5. The zero-order valence-corrected chi connectivity index (χ0v) is 14.1. The Morgan fingerprint density at radius 2 is 1.55 bits per heavy atom. The number of hydrogen-bond donors (Lipinski definition) is 0. The lowest BCUT2D eigenvalue weighted by Gasteiger charge is -2.53. The Kier molecular flexibility index (Phi) is 3.96. The van der Waals surface area contributed by atoms with E-state index in [0.29, 0.717) is 5.41 Å². The van der Waals surface area contributed by atoms with Crippen molar-refractivity contribution in [2.75, 3.05) is 13.1 Å². The molecule has 1 saturated carbocycles. The fourth-order valence-corrected chi connectivity index (χ4v) is 3.38. The number of piperidine rings is 1. The van der Waals surface area contributed by atoms with Gasteiger partial charge < -0.3 is 4.74 Å². The van der Waals surface area contributed by atoms with Crippen LogP contribution in [0.1, 0.15) is 67.2 Å². The molecule has 1 spiro atoms. The predicted molar refractivity (Wildman–Crippen MR) is 81.6 cm³/mol. The number of esters is 1. The molecule has 0 aromatic rings. The maximum absolute atomic E-state index is 11.9. The topological polar surface area (TPSA) is 29.5 Å². The molecule has 0 aromatic carbocycles. The SMILES string of the molecule is CC(C)(C)C(=O)OC1CC2(CCN(C(C)(C)C)CC2)C1. The number of hydrogen-bond acceptors (Lipinski definition) is 3. The van der Waals surface area contributed by atoms with Gasteiger partial charge in [0.25, 0.3) is 0 Å². The van der Waals surface area contributed by atoms with E-state index in [4.69, 9.17) is 4.74 Å². The smallest absolute Gasteiger partial charge is 0.311 e. The summed E-state index contributed by atoms with van der Waals surface area (Å²) in [4.78, 5) is 14.5. The standard InChI is InChI=1S/C17H31NO2/c1-15(2,3)14(19)20-13-11-17(12-13)7-9-18(10-8-17)16(4,5)6/h13H,7-12H2,1-6H3. The van der Waals surface area contributed by atoms with Gasteiger partial charge >= 0.3 is 5.97 Å². The van der Waals surface area contributed by atoms with Crippen molar-refractivity contribution >= 4 is 5.97 Å². The lowest BCUT2D eigenvalue weighted by molar-refractivity contribution is -0.174. The number of nitrogens with zero attached hydrogens (tertiary/aromatic N) is 1.